The van der Waals surface area contributed by atoms with Crippen molar-refractivity contribution in [2.24, 2.45) is 0 Å². The Morgan fingerprint density at radius 2 is 1.90 bits per heavy atom. The highest BCUT2D eigenvalue weighted by Crippen LogP contribution is 2.38. The molecule has 1 saturated heterocycles. The smallest absolute Gasteiger partial charge is 0.165 e. The molecule has 0 amide bonds. The number of halogens is 2. The lowest BCUT2D eigenvalue weighted by Crippen LogP contribution is -2.46. The topological polar surface area (TPSA) is 57.5 Å². The molecule has 2 N–H and O–H groups in total. The minimum absolute atomic E-state index is 0.565. The molecule has 166 valence electrons. The first kappa shape index (κ1) is 22.3. The summed E-state index contributed by atoms with van der Waals surface area (Å²) in [6.07, 6.45) is 2.51. The van der Waals surface area contributed by atoms with Gasteiger partial charge >= 0.3 is 0 Å². The van der Waals surface area contributed by atoms with Gasteiger partial charge in [-0.15, -0.1) is 0 Å². The Bertz CT molecular complexity index is 1040. The highest BCUT2D eigenvalue weighted by molar-refractivity contribution is 6.39. The van der Waals surface area contributed by atoms with Crippen LogP contribution < -0.4 is 10.6 Å². The lowest BCUT2D eigenvalue weighted by molar-refractivity contribution is 0.200. The van der Waals surface area contributed by atoms with E-state index in [0.29, 0.717) is 16.1 Å². The summed E-state index contributed by atoms with van der Waals surface area (Å²) in [5.74, 6) is 0.917. The van der Waals surface area contributed by atoms with E-state index >= 15 is 0 Å². The monoisotopic (exact) mass is 460 g/mol. The molecule has 6 nitrogen and oxygen atoms in total. The van der Waals surface area contributed by atoms with E-state index < -0.39 is 0 Å². The zero-order valence-electron chi connectivity index (χ0n) is 18.4. The molecular weight excluding hydrogens is 431 g/mol. The molecule has 0 aliphatic carbocycles. The minimum Gasteiger partial charge on any atom is -0.369 e. The van der Waals surface area contributed by atoms with Gasteiger partial charge in [0.1, 0.15) is 5.82 Å². The lowest BCUT2D eigenvalue weighted by Gasteiger charge is -2.32. The second-order valence-corrected chi connectivity index (χ2v) is 9.00. The summed E-state index contributed by atoms with van der Waals surface area (Å²) < 4.78 is 1.86. The van der Waals surface area contributed by atoms with Gasteiger partial charge in [-0.3, -0.25) is 0 Å². The van der Waals surface area contributed by atoms with Crippen molar-refractivity contribution in [1.82, 2.24) is 24.8 Å². The van der Waals surface area contributed by atoms with Gasteiger partial charge in [-0.25, -0.2) is 4.98 Å². The van der Waals surface area contributed by atoms with E-state index in [4.69, 9.17) is 33.3 Å². The summed E-state index contributed by atoms with van der Waals surface area (Å²) in [5, 5.41) is 13.2. The second-order valence-electron chi connectivity index (χ2n) is 8.19. The Kier molecular flexibility index (Phi) is 7.02. The molecule has 2 aromatic heterocycles. The third-order valence-electron chi connectivity index (χ3n) is 5.92. The van der Waals surface area contributed by atoms with Crippen LogP contribution in [0.4, 0.5) is 5.82 Å². The molecule has 1 unspecified atom stereocenters. The average Bonchev–Trinajstić information content (AvgIpc) is 3.07. The maximum atomic E-state index is 6.49. The first-order valence-corrected chi connectivity index (χ1v) is 11.7. The van der Waals surface area contributed by atoms with E-state index in [2.05, 4.69) is 22.5 Å². The number of hydrogen-bond donors (Lipinski definition) is 2. The molecule has 3 aromatic rings. The number of fused-ring (bicyclic) bond motifs is 1. The van der Waals surface area contributed by atoms with E-state index in [9.17, 15) is 0 Å². The van der Waals surface area contributed by atoms with Crippen LogP contribution in [0.15, 0.2) is 24.3 Å². The molecular formula is C23H30Cl2N6. The fraction of sp³-hybridized carbons (Fsp3) is 0.478. The number of likely N-dealkylation sites (N-methyl/N-ethyl adjacent to an activating group) is 1. The minimum atomic E-state index is 0.565. The quantitative estimate of drug-likeness (QED) is 0.495. The van der Waals surface area contributed by atoms with E-state index in [1.807, 2.05) is 42.6 Å². The molecule has 1 aromatic carbocycles. The Hall–Kier alpha value is -1.86. The van der Waals surface area contributed by atoms with Crippen LogP contribution in [0.3, 0.4) is 0 Å². The summed E-state index contributed by atoms with van der Waals surface area (Å²) in [4.78, 5) is 7.27. The van der Waals surface area contributed by atoms with Gasteiger partial charge in [0.25, 0.3) is 0 Å². The van der Waals surface area contributed by atoms with Crippen LogP contribution in [-0.2, 0) is 0 Å². The third kappa shape index (κ3) is 4.82. The van der Waals surface area contributed by atoms with Crippen LogP contribution >= 0.6 is 23.2 Å². The van der Waals surface area contributed by atoms with Gasteiger partial charge in [0.15, 0.2) is 5.65 Å². The summed E-state index contributed by atoms with van der Waals surface area (Å²) in [5.41, 5.74) is 4.17. The number of nitrogens with one attached hydrogen (secondary N) is 2. The van der Waals surface area contributed by atoms with Crippen molar-refractivity contribution < 1.29 is 0 Å². The number of hydrogen-bond acceptors (Lipinski definition) is 5. The van der Waals surface area contributed by atoms with Crippen LogP contribution in [0.25, 0.3) is 16.8 Å². The van der Waals surface area contributed by atoms with Gasteiger partial charge in [0.2, 0.25) is 0 Å². The van der Waals surface area contributed by atoms with E-state index in [-0.39, 0.29) is 0 Å². The largest absolute Gasteiger partial charge is 0.369 e. The summed E-state index contributed by atoms with van der Waals surface area (Å²) >= 11 is 13.0. The van der Waals surface area contributed by atoms with Crippen LogP contribution in [0, 0.1) is 13.8 Å². The maximum Gasteiger partial charge on any atom is 0.165 e. The number of benzene rings is 1. The molecule has 0 saturated carbocycles. The van der Waals surface area contributed by atoms with E-state index in [0.717, 1.165) is 60.2 Å². The maximum absolute atomic E-state index is 6.49. The van der Waals surface area contributed by atoms with Gasteiger partial charge in [-0.05, 0) is 51.9 Å². The number of aryl methyl sites for hydroxylation is 2. The first-order chi connectivity index (χ1) is 15.0. The van der Waals surface area contributed by atoms with Crippen LogP contribution in [0.1, 0.15) is 31.2 Å². The van der Waals surface area contributed by atoms with Crippen molar-refractivity contribution in [3.8, 4) is 11.1 Å². The molecule has 3 heterocycles. The van der Waals surface area contributed by atoms with E-state index in [1.165, 1.54) is 19.4 Å². The Morgan fingerprint density at radius 3 is 2.65 bits per heavy atom. The molecule has 0 radical (unpaired) electrons. The number of piperidine rings is 1. The lowest BCUT2D eigenvalue weighted by atomic mass is 10.1. The standard InChI is InChI=1S/C23H30Cl2N6/c1-4-30-12-6-7-17(14-30)26-10-11-27-20-13-15(2)28-23-21(16(3)29-31(20)23)22-18(24)8-5-9-19(22)25/h5,8-9,13,17,26-27H,4,6-7,10-12,14H2,1-3H3. The number of nitrogens with zero attached hydrogens (tertiary/aromatic N) is 4. The fourth-order valence-corrected chi connectivity index (χ4v) is 4.96. The molecule has 1 atom stereocenters. The third-order valence-corrected chi connectivity index (χ3v) is 6.55. The first-order valence-electron chi connectivity index (χ1n) is 11.0. The number of anilines is 1. The summed E-state index contributed by atoms with van der Waals surface area (Å²) in [7, 11) is 0. The predicted molar refractivity (Wildman–Crippen MR) is 130 cm³/mol. The molecule has 31 heavy (non-hydrogen) atoms. The van der Waals surface area contributed by atoms with Crippen molar-refractivity contribution in [2.45, 2.75) is 39.7 Å². The fourth-order valence-electron chi connectivity index (χ4n) is 4.38. The molecule has 0 bridgehead atoms. The van der Waals surface area contributed by atoms with Gasteiger partial charge in [-0.1, -0.05) is 36.2 Å². The molecule has 8 heteroatoms. The average molecular weight is 461 g/mol. The molecule has 0 spiro atoms. The van der Waals surface area contributed by atoms with Crippen molar-refractivity contribution in [3.63, 3.8) is 0 Å². The Morgan fingerprint density at radius 1 is 1.13 bits per heavy atom. The summed E-state index contributed by atoms with van der Waals surface area (Å²) in [6, 6.07) is 8.13. The van der Waals surface area contributed by atoms with Crippen molar-refractivity contribution in [3.05, 3.63) is 45.7 Å². The molecule has 1 aliphatic rings. The van der Waals surface area contributed by atoms with Crippen molar-refractivity contribution >= 4 is 34.7 Å². The molecule has 1 aliphatic heterocycles. The highest BCUT2D eigenvalue weighted by Gasteiger charge is 2.21. The zero-order valence-corrected chi connectivity index (χ0v) is 19.9. The van der Waals surface area contributed by atoms with Gasteiger partial charge in [0.05, 0.1) is 21.3 Å². The number of aromatic nitrogens is 3. The van der Waals surface area contributed by atoms with Gasteiger partial charge in [-0.2, -0.15) is 9.61 Å². The Balaban J connectivity index is 1.53. The van der Waals surface area contributed by atoms with Crippen molar-refractivity contribution in [1.29, 1.82) is 0 Å². The predicted octanol–water partition coefficient (Wildman–Crippen LogP) is 4.81. The zero-order chi connectivity index (χ0) is 22.0. The van der Waals surface area contributed by atoms with Gasteiger partial charge < -0.3 is 15.5 Å². The second kappa shape index (κ2) is 9.74. The normalized spacial score (nSPS) is 17.4. The van der Waals surface area contributed by atoms with Gasteiger partial charge in [0, 0.05) is 43.0 Å². The van der Waals surface area contributed by atoms with Crippen LogP contribution in [-0.4, -0.2) is 58.3 Å². The number of rotatable bonds is 7. The van der Waals surface area contributed by atoms with Crippen LogP contribution in [0.2, 0.25) is 10.0 Å². The van der Waals surface area contributed by atoms with Crippen LogP contribution in [0.5, 0.6) is 0 Å². The van der Waals surface area contributed by atoms with Crippen molar-refractivity contribution in [2.75, 3.05) is 38.0 Å². The highest BCUT2D eigenvalue weighted by atomic mass is 35.5. The Labute approximate surface area is 193 Å². The summed E-state index contributed by atoms with van der Waals surface area (Å²) in [6.45, 7) is 11.4. The van der Waals surface area contributed by atoms with E-state index in [1.54, 1.807) is 0 Å². The number of likely N-dealkylation sites (tertiary alicyclic amines) is 1. The molecule has 1 fully saturated rings. The molecule has 4 rings (SSSR count). The SMILES string of the molecule is CCN1CCCC(NCCNc2cc(C)nc3c(-c4c(Cl)cccc4Cl)c(C)nn23)C1.